The summed E-state index contributed by atoms with van der Waals surface area (Å²) in [5.74, 6) is 0.564. The van der Waals surface area contributed by atoms with Crippen LogP contribution in [0.4, 0.5) is 5.82 Å². The van der Waals surface area contributed by atoms with Crippen LogP contribution in [-0.4, -0.2) is 25.6 Å². The number of nitrogens with one attached hydrogen (secondary N) is 1. The van der Waals surface area contributed by atoms with Gasteiger partial charge in [-0.15, -0.1) is 0 Å². The smallest absolute Gasteiger partial charge is 0.336 e. The number of rotatable bonds is 6. The van der Waals surface area contributed by atoms with Crippen LogP contribution >= 0.6 is 0 Å². The van der Waals surface area contributed by atoms with Crippen molar-refractivity contribution < 1.29 is 9.90 Å². The number of hydrogen-bond donors (Lipinski definition) is 2. The van der Waals surface area contributed by atoms with E-state index in [0.717, 1.165) is 60.2 Å². The molecule has 0 saturated heterocycles. The molecule has 0 atom stereocenters. The molecule has 2 N–H and O–H groups in total. The monoisotopic (exact) mass is 426 g/mol. The topological polar surface area (TPSA) is 80.0 Å². The van der Waals surface area contributed by atoms with Crippen molar-refractivity contribution in [3.8, 4) is 5.95 Å². The first-order valence-electron chi connectivity index (χ1n) is 11.2. The lowest BCUT2D eigenvalue weighted by atomic mass is 9.96. The van der Waals surface area contributed by atoms with Gasteiger partial charge < -0.3 is 10.4 Å². The summed E-state index contributed by atoms with van der Waals surface area (Å²) < 4.78 is 2.02. The molecule has 0 fully saturated rings. The summed E-state index contributed by atoms with van der Waals surface area (Å²) in [5.41, 5.74) is 5.62. The lowest BCUT2D eigenvalue weighted by molar-refractivity contribution is 0.0699. The Bertz CT molecular complexity index is 1290. The Morgan fingerprint density at radius 2 is 1.88 bits per heavy atom. The second-order valence-corrected chi connectivity index (χ2v) is 8.21. The lowest BCUT2D eigenvalue weighted by Gasteiger charge is -2.21. The maximum absolute atomic E-state index is 11.8. The molecule has 32 heavy (non-hydrogen) atoms. The number of hydrogen-bond acceptors (Lipinski definition) is 4. The fraction of sp³-hybridized carbons (Fsp3) is 0.269. The number of aryl methyl sites for hydroxylation is 2. The van der Waals surface area contributed by atoms with Crippen molar-refractivity contribution in [2.45, 2.75) is 45.6 Å². The first kappa shape index (κ1) is 20.2. The molecule has 0 spiro atoms. The molecule has 0 radical (unpaired) electrons. The minimum Gasteiger partial charge on any atom is -0.478 e. The molecule has 4 aromatic rings. The lowest BCUT2D eigenvalue weighted by Crippen LogP contribution is -2.16. The third-order valence-electron chi connectivity index (χ3n) is 6.19. The fourth-order valence-electron chi connectivity index (χ4n) is 4.58. The molecule has 162 valence electrons. The van der Waals surface area contributed by atoms with Gasteiger partial charge in [0.15, 0.2) is 0 Å². The van der Waals surface area contributed by atoms with Gasteiger partial charge >= 0.3 is 5.97 Å². The Kier molecular flexibility index (Phi) is 5.35. The highest BCUT2D eigenvalue weighted by atomic mass is 16.4. The van der Waals surface area contributed by atoms with E-state index in [9.17, 15) is 9.90 Å². The van der Waals surface area contributed by atoms with E-state index in [-0.39, 0.29) is 0 Å². The molecule has 6 nitrogen and oxygen atoms in total. The predicted molar refractivity (Wildman–Crippen MR) is 126 cm³/mol. The van der Waals surface area contributed by atoms with E-state index in [1.54, 1.807) is 12.1 Å². The fourth-order valence-corrected chi connectivity index (χ4v) is 4.58. The molecule has 6 heteroatoms. The standard InChI is InChI=1S/C26H26N4O2/c1-2-18-15-21-19(25(31)32)12-8-14-23(21)30(18)26-28-22-13-7-6-11-20(22)24(29-26)27-16-17-9-4-3-5-10-17/h3-5,8-10,12,14-15H,2,6-7,11,13,16H2,1H3,(H,31,32)(H,27,28,29). The van der Waals surface area contributed by atoms with Crippen molar-refractivity contribution in [3.05, 3.63) is 82.7 Å². The zero-order chi connectivity index (χ0) is 22.1. The zero-order valence-electron chi connectivity index (χ0n) is 18.1. The SMILES string of the molecule is CCc1cc2c(C(=O)O)cccc2n1-c1nc2c(c(NCc3ccccc3)n1)CCCC2. The van der Waals surface area contributed by atoms with Crippen molar-refractivity contribution in [2.24, 2.45) is 0 Å². The number of carboxylic acids is 1. The third-order valence-corrected chi connectivity index (χ3v) is 6.19. The molecule has 5 rings (SSSR count). The number of aromatic nitrogens is 3. The Hall–Kier alpha value is -3.67. The summed E-state index contributed by atoms with van der Waals surface area (Å²) in [4.78, 5) is 21.7. The van der Waals surface area contributed by atoms with Crippen molar-refractivity contribution in [2.75, 3.05) is 5.32 Å². The first-order valence-corrected chi connectivity index (χ1v) is 11.2. The van der Waals surface area contributed by atoms with Crippen LogP contribution in [0, 0.1) is 0 Å². The molecular formula is C26H26N4O2. The van der Waals surface area contributed by atoms with Gasteiger partial charge in [0.05, 0.1) is 16.8 Å². The molecule has 2 aromatic heterocycles. The quantitative estimate of drug-likeness (QED) is 0.444. The molecule has 1 aliphatic rings. The molecule has 2 aromatic carbocycles. The summed E-state index contributed by atoms with van der Waals surface area (Å²) in [6.07, 6.45) is 4.93. The van der Waals surface area contributed by atoms with E-state index in [0.29, 0.717) is 18.1 Å². The van der Waals surface area contributed by atoms with Crippen molar-refractivity contribution in [1.82, 2.24) is 14.5 Å². The van der Waals surface area contributed by atoms with Gasteiger partial charge in [-0.05, 0) is 55.9 Å². The maximum Gasteiger partial charge on any atom is 0.336 e. The van der Waals surface area contributed by atoms with Gasteiger partial charge in [0.25, 0.3) is 0 Å². The number of anilines is 1. The van der Waals surface area contributed by atoms with Crippen LogP contribution in [0.15, 0.2) is 54.6 Å². The van der Waals surface area contributed by atoms with Crippen molar-refractivity contribution >= 4 is 22.7 Å². The minimum absolute atomic E-state index is 0.302. The molecular weight excluding hydrogens is 400 g/mol. The summed E-state index contributed by atoms with van der Waals surface area (Å²) >= 11 is 0. The summed E-state index contributed by atoms with van der Waals surface area (Å²) in [5, 5.41) is 13.9. The summed E-state index contributed by atoms with van der Waals surface area (Å²) in [6.45, 7) is 2.76. The highest BCUT2D eigenvalue weighted by molar-refractivity contribution is 6.03. The largest absolute Gasteiger partial charge is 0.478 e. The first-order chi connectivity index (χ1) is 15.7. The molecule has 0 unspecified atom stereocenters. The molecule has 0 aliphatic heterocycles. The van der Waals surface area contributed by atoms with E-state index < -0.39 is 5.97 Å². The molecule has 2 heterocycles. The van der Waals surface area contributed by atoms with E-state index in [1.165, 1.54) is 11.1 Å². The maximum atomic E-state index is 11.8. The Morgan fingerprint density at radius 1 is 1.06 bits per heavy atom. The predicted octanol–water partition coefficient (Wildman–Crippen LogP) is 5.17. The van der Waals surface area contributed by atoms with Crippen LogP contribution in [0.3, 0.4) is 0 Å². The Balaban J connectivity index is 1.64. The average Bonchev–Trinajstić information content (AvgIpc) is 3.21. The van der Waals surface area contributed by atoms with Crippen LogP contribution < -0.4 is 5.32 Å². The van der Waals surface area contributed by atoms with Crippen LogP contribution in [0.25, 0.3) is 16.9 Å². The highest BCUT2D eigenvalue weighted by Gasteiger charge is 2.22. The number of carbonyl (C=O) groups is 1. The number of aromatic carboxylic acids is 1. The average molecular weight is 427 g/mol. The van der Waals surface area contributed by atoms with Crippen LogP contribution in [0.1, 0.15) is 52.6 Å². The Morgan fingerprint density at radius 3 is 2.66 bits per heavy atom. The van der Waals surface area contributed by atoms with Gasteiger partial charge in [-0.3, -0.25) is 4.57 Å². The minimum atomic E-state index is -0.924. The highest BCUT2D eigenvalue weighted by Crippen LogP contribution is 2.31. The molecule has 0 saturated carbocycles. The number of carboxylic acid groups (broad SMARTS) is 1. The van der Waals surface area contributed by atoms with Gasteiger partial charge in [-0.25, -0.2) is 9.78 Å². The van der Waals surface area contributed by atoms with Gasteiger partial charge in [0, 0.05) is 23.2 Å². The van der Waals surface area contributed by atoms with Crippen LogP contribution in [0.2, 0.25) is 0 Å². The number of benzene rings is 2. The normalized spacial score (nSPS) is 13.2. The second kappa shape index (κ2) is 8.46. The van der Waals surface area contributed by atoms with E-state index in [2.05, 4.69) is 24.4 Å². The summed E-state index contributed by atoms with van der Waals surface area (Å²) in [7, 11) is 0. The van der Waals surface area contributed by atoms with Gasteiger partial charge in [0.1, 0.15) is 5.82 Å². The van der Waals surface area contributed by atoms with E-state index >= 15 is 0 Å². The molecule has 1 aliphatic carbocycles. The van der Waals surface area contributed by atoms with Crippen molar-refractivity contribution in [3.63, 3.8) is 0 Å². The second-order valence-electron chi connectivity index (χ2n) is 8.21. The third kappa shape index (κ3) is 3.62. The van der Waals surface area contributed by atoms with E-state index in [1.807, 2.05) is 34.9 Å². The van der Waals surface area contributed by atoms with E-state index in [4.69, 9.17) is 9.97 Å². The van der Waals surface area contributed by atoms with Gasteiger partial charge in [0.2, 0.25) is 5.95 Å². The van der Waals surface area contributed by atoms with Gasteiger partial charge in [-0.2, -0.15) is 4.98 Å². The number of fused-ring (bicyclic) bond motifs is 2. The van der Waals surface area contributed by atoms with Crippen molar-refractivity contribution in [1.29, 1.82) is 0 Å². The molecule has 0 bridgehead atoms. The molecule has 0 amide bonds. The van der Waals surface area contributed by atoms with Crippen LogP contribution in [-0.2, 0) is 25.8 Å². The Labute approximate surface area is 187 Å². The van der Waals surface area contributed by atoms with Gasteiger partial charge in [-0.1, -0.05) is 43.3 Å². The zero-order valence-corrected chi connectivity index (χ0v) is 18.1. The number of nitrogens with zero attached hydrogens (tertiary/aromatic N) is 3. The van der Waals surface area contributed by atoms with Crippen LogP contribution in [0.5, 0.6) is 0 Å². The summed E-state index contributed by atoms with van der Waals surface area (Å²) in [6, 6.07) is 17.6.